The fourth-order valence-corrected chi connectivity index (χ4v) is 5.26. The van der Waals surface area contributed by atoms with Crippen molar-refractivity contribution in [3.8, 4) is 17.2 Å². The molecule has 184 valence electrons. The predicted octanol–water partition coefficient (Wildman–Crippen LogP) is 5.61. The number of phenols is 1. The van der Waals surface area contributed by atoms with Crippen molar-refractivity contribution in [2.24, 2.45) is 5.92 Å². The number of fused-ring (bicyclic) bond motifs is 3. The molecule has 0 radical (unpaired) electrons. The van der Waals surface area contributed by atoms with Crippen molar-refractivity contribution >= 4 is 22.0 Å². The van der Waals surface area contributed by atoms with Crippen molar-refractivity contribution in [1.82, 2.24) is 15.1 Å². The first kappa shape index (κ1) is 22.6. The van der Waals surface area contributed by atoms with Gasteiger partial charge in [0.1, 0.15) is 30.0 Å². The summed E-state index contributed by atoms with van der Waals surface area (Å²) in [6.07, 6.45) is 1.47. The Morgan fingerprint density at radius 2 is 1.97 bits per heavy atom. The van der Waals surface area contributed by atoms with Crippen LogP contribution in [0, 0.1) is 5.92 Å². The predicted molar refractivity (Wildman–Crippen MR) is 138 cm³/mol. The summed E-state index contributed by atoms with van der Waals surface area (Å²) in [4.78, 5) is 2.21. The summed E-state index contributed by atoms with van der Waals surface area (Å²) >= 11 is 0. The smallest absolute Gasteiger partial charge is 0.150 e. The third kappa shape index (κ3) is 4.09. The Kier molecular flexibility index (Phi) is 5.85. The van der Waals surface area contributed by atoms with E-state index in [0.717, 1.165) is 69.9 Å². The molecule has 0 spiro atoms. The number of rotatable bonds is 7. The number of hydrogen-bond donors (Lipinski definition) is 2. The third-order valence-corrected chi connectivity index (χ3v) is 7.14. The average molecular weight is 486 g/mol. The maximum absolute atomic E-state index is 12.6. The van der Waals surface area contributed by atoms with E-state index in [0.29, 0.717) is 6.61 Å². The van der Waals surface area contributed by atoms with Crippen molar-refractivity contribution in [3.05, 3.63) is 83.6 Å². The molecule has 2 aliphatic rings. The van der Waals surface area contributed by atoms with Crippen LogP contribution in [0.25, 0.3) is 22.0 Å². The number of aromatic amines is 1. The number of aromatic nitrogens is 2. The Balaban J connectivity index is 1.29. The molecule has 1 unspecified atom stereocenters. The van der Waals surface area contributed by atoms with E-state index in [1.54, 1.807) is 12.1 Å². The Morgan fingerprint density at radius 1 is 1.14 bits per heavy atom. The van der Waals surface area contributed by atoms with Gasteiger partial charge < -0.3 is 14.6 Å². The molecule has 3 aromatic carbocycles. The highest BCUT2D eigenvalue weighted by Gasteiger charge is 2.31. The number of halogens is 1. The van der Waals surface area contributed by atoms with Gasteiger partial charge in [-0.1, -0.05) is 24.3 Å². The van der Waals surface area contributed by atoms with Crippen LogP contribution >= 0.6 is 0 Å². The summed E-state index contributed by atoms with van der Waals surface area (Å²) in [7, 11) is 0. The van der Waals surface area contributed by atoms with E-state index in [4.69, 9.17) is 9.47 Å². The van der Waals surface area contributed by atoms with E-state index in [-0.39, 0.29) is 24.4 Å². The van der Waals surface area contributed by atoms with Gasteiger partial charge in [-0.2, -0.15) is 5.10 Å². The van der Waals surface area contributed by atoms with Crippen molar-refractivity contribution in [2.45, 2.75) is 13.0 Å². The molecule has 2 aliphatic heterocycles. The van der Waals surface area contributed by atoms with Gasteiger partial charge in [0.05, 0.1) is 18.4 Å². The lowest BCUT2D eigenvalue weighted by Crippen LogP contribution is -2.49. The van der Waals surface area contributed by atoms with Gasteiger partial charge >= 0.3 is 0 Å². The second-order valence-corrected chi connectivity index (χ2v) is 9.55. The van der Waals surface area contributed by atoms with E-state index in [1.807, 2.05) is 54.7 Å². The van der Waals surface area contributed by atoms with Crippen molar-refractivity contribution in [3.63, 3.8) is 0 Å². The lowest BCUT2D eigenvalue weighted by molar-refractivity contribution is 0.0668. The largest absolute Gasteiger partial charge is 0.508 e. The van der Waals surface area contributed by atoms with E-state index < -0.39 is 0 Å². The van der Waals surface area contributed by atoms with Gasteiger partial charge in [0.15, 0.2) is 0 Å². The lowest BCUT2D eigenvalue weighted by atomic mass is 9.85. The van der Waals surface area contributed by atoms with Gasteiger partial charge in [-0.15, -0.1) is 0 Å². The van der Waals surface area contributed by atoms with Gasteiger partial charge in [0.25, 0.3) is 0 Å². The number of allylic oxidation sites excluding steroid dienone is 1. The summed E-state index contributed by atoms with van der Waals surface area (Å²) in [6, 6.07) is 19.2. The van der Waals surface area contributed by atoms with E-state index in [9.17, 15) is 9.50 Å². The first-order valence-corrected chi connectivity index (χ1v) is 12.2. The van der Waals surface area contributed by atoms with E-state index in [1.165, 1.54) is 0 Å². The van der Waals surface area contributed by atoms with Crippen LogP contribution in [-0.2, 0) is 0 Å². The van der Waals surface area contributed by atoms with Crippen LogP contribution in [0.15, 0.2) is 66.9 Å². The molecule has 7 heteroatoms. The molecule has 0 bridgehead atoms. The van der Waals surface area contributed by atoms with Gasteiger partial charge in [0.2, 0.25) is 0 Å². The number of H-pyrrole nitrogens is 1. The Morgan fingerprint density at radius 3 is 2.75 bits per heavy atom. The summed E-state index contributed by atoms with van der Waals surface area (Å²) in [5.41, 5.74) is 5.94. The fourth-order valence-electron chi connectivity index (χ4n) is 5.26. The van der Waals surface area contributed by atoms with Crippen molar-refractivity contribution < 1.29 is 19.0 Å². The molecule has 4 aromatic rings. The molecule has 1 aromatic heterocycles. The third-order valence-electron chi connectivity index (χ3n) is 7.14. The highest BCUT2D eigenvalue weighted by molar-refractivity contribution is 6.04. The molecule has 6 rings (SSSR count). The number of phenolic OH excluding ortho intramolecular Hbond substituents is 1. The zero-order valence-corrected chi connectivity index (χ0v) is 20.1. The highest BCUT2D eigenvalue weighted by Crippen LogP contribution is 2.48. The molecule has 0 aliphatic carbocycles. The van der Waals surface area contributed by atoms with Crippen molar-refractivity contribution in [1.29, 1.82) is 0 Å². The number of nitrogens with zero attached hydrogens (tertiary/aromatic N) is 2. The Bertz CT molecular complexity index is 1420. The highest BCUT2D eigenvalue weighted by atomic mass is 19.1. The SMILES string of the molecule is CC1=C(c2cccc(O)c2)C(c2ccc(OCCN3CC(CF)C3)cc2)Oc2ccc3[nH]ncc3c21. The molecule has 1 saturated heterocycles. The molecule has 36 heavy (non-hydrogen) atoms. The number of alkyl halides is 1. The zero-order valence-electron chi connectivity index (χ0n) is 20.1. The molecule has 1 fully saturated rings. The molecule has 3 heterocycles. The monoisotopic (exact) mass is 485 g/mol. The van der Waals surface area contributed by atoms with Crippen LogP contribution in [0.5, 0.6) is 17.2 Å². The second kappa shape index (κ2) is 9.32. The maximum atomic E-state index is 12.6. The first-order chi connectivity index (χ1) is 17.6. The quantitative estimate of drug-likeness (QED) is 0.356. The summed E-state index contributed by atoms with van der Waals surface area (Å²) in [5, 5.41) is 18.5. The maximum Gasteiger partial charge on any atom is 0.150 e. The molecule has 0 saturated carbocycles. The number of benzene rings is 3. The second-order valence-electron chi connectivity index (χ2n) is 9.55. The van der Waals surface area contributed by atoms with Crippen LogP contribution in [0.3, 0.4) is 0 Å². The minimum Gasteiger partial charge on any atom is -0.508 e. The minimum absolute atomic E-state index is 0.187. The molecule has 6 nitrogen and oxygen atoms in total. The first-order valence-electron chi connectivity index (χ1n) is 12.2. The van der Waals surface area contributed by atoms with Crippen LogP contribution in [0.4, 0.5) is 4.39 Å². The number of likely N-dealkylation sites (tertiary alicyclic amines) is 1. The topological polar surface area (TPSA) is 70.6 Å². The zero-order chi connectivity index (χ0) is 24.6. The van der Waals surface area contributed by atoms with E-state index >= 15 is 0 Å². The van der Waals surface area contributed by atoms with E-state index in [2.05, 4.69) is 22.0 Å². The number of ether oxygens (including phenoxy) is 2. The average Bonchev–Trinajstić information content (AvgIpc) is 3.34. The van der Waals surface area contributed by atoms with Crippen LogP contribution < -0.4 is 9.47 Å². The standard InChI is InChI=1S/C29H28FN3O3/c1-18-27(21-3-2-4-22(34)13-21)29(36-26-10-9-25-24(28(18)26)15-31-32-25)20-5-7-23(8-6-20)35-12-11-33-16-19(14-30)17-33/h2-10,13,15,19,29,34H,11-12,14,16-17H2,1H3,(H,31,32). The molecule has 0 amide bonds. The summed E-state index contributed by atoms with van der Waals surface area (Å²) in [5.74, 6) is 1.99. The van der Waals surface area contributed by atoms with Crippen LogP contribution in [0.1, 0.15) is 29.7 Å². The van der Waals surface area contributed by atoms with Crippen molar-refractivity contribution in [2.75, 3.05) is 32.9 Å². The molecular formula is C29H28FN3O3. The van der Waals surface area contributed by atoms with Crippen LogP contribution in [0.2, 0.25) is 0 Å². The molecule has 2 N–H and O–H groups in total. The Labute approximate surface area is 209 Å². The number of aromatic hydroxyl groups is 1. The normalized spacial score (nSPS) is 18.1. The minimum atomic E-state index is -0.351. The Hall–Kier alpha value is -3.84. The number of hydrogen-bond acceptors (Lipinski definition) is 5. The summed E-state index contributed by atoms with van der Waals surface area (Å²) in [6.45, 7) is 4.85. The van der Waals surface area contributed by atoms with Gasteiger partial charge in [0, 0.05) is 42.1 Å². The number of nitrogens with one attached hydrogen (secondary N) is 1. The van der Waals surface area contributed by atoms with Gasteiger partial charge in [-0.3, -0.25) is 14.4 Å². The van der Waals surface area contributed by atoms with Gasteiger partial charge in [-0.25, -0.2) is 0 Å². The molecule has 1 atom stereocenters. The van der Waals surface area contributed by atoms with Gasteiger partial charge in [-0.05, 0) is 60.0 Å². The molecular weight excluding hydrogens is 457 g/mol. The summed E-state index contributed by atoms with van der Waals surface area (Å²) < 4.78 is 25.2. The fraction of sp³-hybridized carbons (Fsp3) is 0.276. The van der Waals surface area contributed by atoms with Crippen LogP contribution in [-0.4, -0.2) is 53.1 Å². The lowest BCUT2D eigenvalue weighted by Gasteiger charge is -2.37.